The molecule has 0 atom stereocenters. The average molecular weight is 264 g/mol. The highest BCUT2D eigenvalue weighted by molar-refractivity contribution is 5.92. The van der Waals surface area contributed by atoms with E-state index in [1.165, 1.54) is 0 Å². The van der Waals surface area contributed by atoms with Gasteiger partial charge in [-0.1, -0.05) is 24.6 Å². The lowest BCUT2D eigenvalue weighted by atomic mass is 10.1. The lowest BCUT2D eigenvalue weighted by Gasteiger charge is -2.09. The fourth-order valence-corrected chi connectivity index (χ4v) is 1.78. The number of nitrogens with one attached hydrogen (secondary N) is 1. The van der Waals surface area contributed by atoms with Gasteiger partial charge in [-0.2, -0.15) is 0 Å². The van der Waals surface area contributed by atoms with E-state index in [-0.39, 0.29) is 12.3 Å². The summed E-state index contributed by atoms with van der Waals surface area (Å²) < 4.78 is 0. The molecule has 0 spiro atoms. The summed E-state index contributed by atoms with van der Waals surface area (Å²) in [6.07, 6.45) is 2.98. The molecule has 0 saturated carbocycles. The number of carbonyl (C=O) groups is 2. The van der Waals surface area contributed by atoms with Crippen molar-refractivity contribution in [2.24, 2.45) is 5.73 Å². The van der Waals surface area contributed by atoms with Crippen LogP contribution >= 0.6 is 0 Å². The molecule has 0 aliphatic carbocycles. The topological polar surface area (TPSA) is 92.4 Å². The second-order valence-corrected chi connectivity index (χ2v) is 4.38. The van der Waals surface area contributed by atoms with Crippen molar-refractivity contribution in [1.82, 2.24) is 0 Å². The van der Waals surface area contributed by atoms with Crippen LogP contribution in [0.25, 0.3) is 0 Å². The Morgan fingerprint density at radius 2 is 1.89 bits per heavy atom. The Bertz CT molecular complexity index is 432. The second-order valence-electron chi connectivity index (χ2n) is 4.38. The fraction of sp³-hybridized carbons (Fsp3) is 0.429. The van der Waals surface area contributed by atoms with Gasteiger partial charge in [0.25, 0.3) is 0 Å². The molecule has 104 valence electrons. The minimum absolute atomic E-state index is 0.0881. The molecule has 5 nitrogen and oxygen atoms in total. The number of nitrogens with two attached hydrogens (primary N) is 1. The lowest BCUT2D eigenvalue weighted by molar-refractivity contribution is -0.136. The van der Waals surface area contributed by atoms with E-state index in [0.29, 0.717) is 24.2 Å². The summed E-state index contributed by atoms with van der Waals surface area (Å²) in [5.74, 6) is -1.00. The minimum Gasteiger partial charge on any atom is -0.481 e. The van der Waals surface area contributed by atoms with Crippen molar-refractivity contribution >= 4 is 17.6 Å². The fourth-order valence-electron chi connectivity index (χ4n) is 1.78. The molecule has 19 heavy (non-hydrogen) atoms. The maximum atomic E-state index is 11.7. The van der Waals surface area contributed by atoms with Gasteiger partial charge in [0.1, 0.15) is 0 Å². The van der Waals surface area contributed by atoms with Crippen molar-refractivity contribution < 1.29 is 14.7 Å². The number of hydrogen-bond donors (Lipinski definition) is 3. The molecule has 0 bridgehead atoms. The number of benzene rings is 1. The molecule has 1 amide bonds. The van der Waals surface area contributed by atoms with Gasteiger partial charge in [0.15, 0.2) is 0 Å². The van der Waals surface area contributed by atoms with Gasteiger partial charge in [0.05, 0.1) is 6.42 Å². The zero-order valence-corrected chi connectivity index (χ0v) is 10.9. The van der Waals surface area contributed by atoms with Crippen LogP contribution in [0.1, 0.15) is 31.2 Å². The highest BCUT2D eigenvalue weighted by Gasteiger charge is 2.08. The van der Waals surface area contributed by atoms with Crippen LogP contribution in [-0.4, -0.2) is 23.5 Å². The summed E-state index contributed by atoms with van der Waals surface area (Å²) in [7, 11) is 0. The van der Waals surface area contributed by atoms with Crippen LogP contribution in [0.3, 0.4) is 0 Å². The summed E-state index contributed by atoms with van der Waals surface area (Å²) in [6, 6.07) is 6.96. The number of carboxylic acids is 1. The normalized spacial score (nSPS) is 10.2. The number of hydrogen-bond acceptors (Lipinski definition) is 3. The van der Waals surface area contributed by atoms with Gasteiger partial charge in [-0.15, -0.1) is 0 Å². The first-order chi connectivity index (χ1) is 9.13. The van der Waals surface area contributed by atoms with Gasteiger partial charge in [0, 0.05) is 12.1 Å². The first-order valence-corrected chi connectivity index (χ1v) is 6.43. The SMILES string of the molecule is NCCCCCC(=O)Nc1ccccc1CC(=O)O. The van der Waals surface area contributed by atoms with E-state index in [2.05, 4.69) is 5.32 Å². The lowest BCUT2D eigenvalue weighted by Crippen LogP contribution is -2.14. The number of carbonyl (C=O) groups excluding carboxylic acids is 1. The highest BCUT2D eigenvalue weighted by atomic mass is 16.4. The Labute approximate surface area is 112 Å². The van der Waals surface area contributed by atoms with Gasteiger partial charge in [0.2, 0.25) is 5.91 Å². The molecule has 0 aliphatic rings. The number of anilines is 1. The third kappa shape index (κ3) is 6.01. The average Bonchev–Trinajstić information content (AvgIpc) is 2.36. The van der Waals surface area contributed by atoms with Crippen LogP contribution in [0.4, 0.5) is 5.69 Å². The van der Waals surface area contributed by atoms with E-state index in [9.17, 15) is 9.59 Å². The minimum atomic E-state index is -0.912. The van der Waals surface area contributed by atoms with Crippen molar-refractivity contribution in [3.8, 4) is 0 Å². The van der Waals surface area contributed by atoms with E-state index in [0.717, 1.165) is 19.3 Å². The second kappa shape index (κ2) is 8.26. The van der Waals surface area contributed by atoms with Crippen LogP contribution in [0.15, 0.2) is 24.3 Å². The Morgan fingerprint density at radius 3 is 2.58 bits per heavy atom. The molecule has 1 rings (SSSR count). The van der Waals surface area contributed by atoms with Gasteiger partial charge in [-0.05, 0) is 31.0 Å². The molecule has 0 aliphatic heterocycles. The largest absolute Gasteiger partial charge is 0.481 e. The quantitative estimate of drug-likeness (QED) is 0.624. The predicted octanol–water partition coefficient (Wildman–Crippen LogP) is 1.77. The van der Waals surface area contributed by atoms with Gasteiger partial charge >= 0.3 is 5.97 Å². The van der Waals surface area contributed by atoms with Crippen molar-refractivity contribution in [3.05, 3.63) is 29.8 Å². The first-order valence-electron chi connectivity index (χ1n) is 6.43. The molecule has 0 saturated heterocycles. The number of rotatable bonds is 8. The maximum absolute atomic E-state index is 11.7. The molecular formula is C14H20N2O3. The Hall–Kier alpha value is -1.88. The van der Waals surface area contributed by atoms with Crippen LogP contribution < -0.4 is 11.1 Å². The Morgan fingerprint density at radius 1 is 1.16 bits per heavy atom. The molecule has 0 radical (unpaired) electrons. The molecule has 0 aromatic heterocycles. The summed E-state index contributed by atoms with van der Waals surface area (Å²) in [6.45, 7) is 0.642. The zero-order valence-electron chi connectivity index (χ0n) is 10.9. The Kier molecular flexibility index (Phi) is 6.60. The van der Waals surface area contributed by atoms with E-state index in [1.54, 1.807) is 24.3 Å². The third-order valence-corrected chi connectivity index (χ3v) is 2.74. The molecule has 1 aromatic rings. The molecule has 0 unspecified atom stereocenters. The Balaban J connectivity index is 2.51. The van der Waals surface area contributed by atoms with Crippen LogP contribution in [0, 0.1) is 0 Å². The van der Waals surface area contributed by atoms with Gasteiger partial charge in [-0.3, -0.25) is 9.59 Å². The van der Waals surface area contributed by atoms with Crippen LogP contribution in [-0.2, 0) is 16.0 Å². The van der Waals surface area contributed by atoms with Crippen molar-refractivity contribution in [3.63, 3.8) is 0 Å². The molecular weight excluding hydrogens is 244 g/mol. The summed E-state index contributed by atoms with van der Waals surface area (Å²) in [4.78, 5) is 22.4. The monoisotopic (exact) mass is 264 g/mol. The van der Waals surface area contributed by atoms with Crippen molar-refractivity contribution in [2.45, 2.75) is 32.1 Å². The number of unbranched alkanes of at least 4 members (excludes halogenated alkanes) is 2. The highest BCUT2D eigenvalue weighted by Crippen LogP contribution is 2.16. The molecule has 4 N–H and O–H groups in total. The third-order valence-electron chi connectivity index (χ3n) is 2.74. The summed E-state index contributed by atoms with van der Waals surface area (Å²) in [5.41, 5.74) is 6.57. The molecule has 0 fully saturated rings. The maximum Gasteiger partial charge on any atom is 0.307 e. The summed E-state index contributed by atoms with van der Waals surface area (Å²) in [5, 5.41) is 11.6. The first kappa shape index (κ1) is 15.2. The van der Waals surface area contributed by atoms with E-state index < -0.39 is 5.97 Å². The standard InChI is InChI=1S/C14H20N2O3/c15-9-5-1-2-8-13(17)16-12-7-4-3-6-11(12)10-14(18)19/h3-4,6-7H,1-2,5,8-10,15H2,(H,16,17)(H,18,19). The molecule has 1 aromatic carbocycles. The number of carboxylic acid groups (broad SMARTS) is 1. The van der Waals surface area contributed by atoms with Crippen molar-refractivity contribution in [1.29, 1.82) is 0 Å². The summed E-state index contributed by atoms with van der Waals surface area (Å²) >= 11 is 0. The van der Waals surface area contributed by atoms with Crippen LogP contribution in [0.2, 0.25) is 0 Å². The van der Waals surface area contributed by atoms with Gasteiger partial charge < -0.3 is 16.2 Å². The zero-order chi connectivity index (χ0) is 14.1. The number of para-hydroxylation sites is 1. The van der Waals surface area contributed by atoms with Crippen LogP contribution in [0.5, 0.6) is 0 Å². The van der Waals surface area contributed by atoms with E-state index >= 15 is 0 Å². The smallest absolute Gasteiger partial charge is 0.307 e. The van der Waals surface area contributed by atoms with E-state index in [1.807, 2.05) is 0 Å². The van der Waals surface area contributed by atoms with Gasteiger partial charge in [-0.25, -0.2) is 0 Å². The van der Waals surface area contributed by atoms with E-state index in [4.69, 9.17) is 10.8 Å². The number of aliphatic carboxylic acids is 1. The molecule has 0 heterocycles. The van der Waals surface area contributed by atoms with Crippen molar-refractivity contribution in [2.75, 3.05) is 11.9 Å². The molecule has 5 heteroatoms. The predicted molar refractivity (Wildman–Crippen MR) is 73.9 cm³/mol. The number of amides is 1.